The molecule has 4 rings (SSSR count). The molecule has 0 aliphatic heterocycles. The number of carbonyl (C=O) groups excluding carboxylic acids is 1. The molecule has 0 radical (unpaired) electrons. The molecule has 2 aromatic carbocycles. The molecule has 0 fully saturated rings. The van der Waals surface area contributed by atoms with Gasteiger partial charge in [0.25, 0.3) is 5.91 Å². The van der Waals surface area contributed by atoms with Gasteiger partial charge in [-0.15, -0.1) is 0 Å². The van der Waals surface area contributed by atoms with Gasteiger partial charge in [-0.1, -0.05) is 35.9 Å². The molecule has 0 aliphatic rings. The Kier molecular flexibility index (Phi) is 4.80. The van der Waals surface area contributed by atoms with Crippen LogP contribution in [0.25, 0.3) is 11.5 Å². The van der Waals surface area contributed by atoms with Crippen LogP contribution >= 0.6 is 0 Å². The van der Waals surface area contributed by atoms with Gasteiger partial charge in [0.15, 0.2) is 5.82 Å². The van der Waals surface area contributed by atoms with E-state index < -0.39 is 0 Å². The van der Waals surface area contributed by atoms with Crippen LogP contribution in [0.3, 0.4) is 0 Å². The number of aryl methyl sites for hydroxylation is 4. The van der Waals surface area contributed by atoms with Crippen LogP contribution in [0.4, 0.5) is 5.69 Å². The zero-order valence-corrected chi connectivity index (χ0v) is 17.1. The lowest BCUT2D eigenvalue weighted by Gasteiger charge is -2.14. The molecule has 0 unspecified atom stereocenters. The topological polar surface area (TPSA) is 51.9 Å². The van der Waals surface area contributed by atoms with Crippen molar-refractivity contribution in [1.29, 1.82) is 0 Å². The lowest BCUT2D eigenvalue weighted by molar-refractivity contribution is 0.102. The van der Waals surface area contributed by atoms with Crippen molar-refractivity contribution in [2.24, 2.45) is 0 Å². The molecule has 5 heteroatoms. The molecule has 4 aromatic rings. The quantitative estimate of drug-likeness (QED) is 0.529. The van der Waals surface area contributed by atoms with E-state index in [1.165, 1.54) is 5.56 Å². The number of nitrogens with zero attached hydrogens (tertiary/aromatic N) is 3. The Morgan fingerprint density at radius 1 is 0.862 bits per heavy atom. The third-order valence-corrected chi connectivity index (χ3v) is 5.11. The molecular formula is C24H24N4O. The normalized spacial score (nSPS) is 10.9. The summed E-state index contributed by atoms with van der Waals surface area (Å²) in [5.41, 5.74) is 6.23. The van der Waals surface area contributed by atoms with Gasteiger partial charge in [-0.3, -0.25) is 4.79 Å². The summed E-state index contributed by atoms with van der Waals surface area (Å²) >= 11 is 0. The Morgan fingerprint density at radius 2 is 1.48 bits per heavy atom. The first kappa shape index (κ1) is 18.7. The van der Waals surface area contributed by atoms with Crippen molar-refractivity contribution in [3.8, 4) is 11.5 Å². The number of hydrogen-bond acceptors (Lipinski definition) is 2. The van der Waals surface area contributed by atoms with Crippen molar-refractivity contribution in [2.45, 2.75) is 27.7 Å². The van der Waals surface area contributed by atoms with Crippen molar-refractivity contribution < 1.29 is 4.79 Å². The van der Waals surface area contributed by atoms with E-state index in [-0.39, 0.29) is 5.91 Å². The van der Waals surface area contributed by atoms with Crippen LogP contribution in [0.15, 0.2) is 67.0 Å². The van der Waals surface area contributed by atoms with E-state index in [0.29, 0.717) is 11.3 Å². The highest BCUT2D eigenvalue weighted by Crippen LogP contribution is 2.26. The highest BCUT2D eigenvalue weighted by molar-refractivity contribution is 6.08. The smallest absolute Gasteiger partial charge is 0.261 e. The molecule has 2 aromatic heterocycles. The van der Waals surface area contributed by atoms with Gasteiger partial charge in [0, 0.05) is 18.1 Å². The molecule has 29 heavy (non-hydrogen) atoms. The summed E-state index contributed by atoms with van der Waals surface area (Å²) in [6.45, 7) is 7.92. The van der Waals surface area contributed by atoms with Crippen LogP contribution in [0, 0.1) is 27.7 Å². The summed E-state index contributed by atoms with van der Waals surface area (Å²) in [7, 11) is 0. The molecule has 0 bridgehead atoms. The largest absolute Gasteiger partial charge is 0.321 e. The van der Waals surface area contributed by atoms with Crippen molar-refractivity contribution in [1.82, 2.24) is 14.3 Å². The van der Waals surface area contributed by atoms with Gasteiger partial charge in [-0.2, -0.15) is 5.10 Å². The summed E-state index contributed by atoms with van der Waals surface area (Å²) < 4.78 is 3.76. The van der Waals surface area contributed by atoms with Crippen LogP contribution in [-0.4, -0.2) is 20.3 Å². The maximum atomic E-state index is 13.4. The molecule has 1 N–H and O–H groups in total. The summed E-state index contributed by atoms with van der Waals surface area (Å²) in [5, 5.41) is 7.82. The fraction of sp³-hybridized carbons (Fsp3) is 0.167. The fourth-order valence-corrected chi connectivity index (χ4v) is 3.55. The summed E-state index contributed by atoms with van der Waals surface area (Å²) in [6.07, 6.45) is 3.86. The Hall–Kier alpha value is -3.60. The van der Waals surface area contributed by atoms with Crippen LogP contribution in [0.2, 0.25) is 0 Å². The average Bonchev–Trinajstić information content (AvgIpc) is 3.33. The van der Waals surface area contributed by atoms with Crippen LogP contribution in [-0.2, 0) is 0 Å². The minimum Gasteiger partial charge on any atom is -0.321 e. The first-order valence-electron chi connectivity index (χ1n) is 9.63. The van der Waals surface area contributed by atoms with E-state index in [9.17, 15) is 4.79 Å². The summed E-state index contributed by atoms with van der Waals surface area (Å²) in [6, 6.07) is 18.0. The monoisotopic (exact) mass is 384 g/mol. The predicted molar refractivity (Wildman–Crippen MR) is 116 cm³/mol. The number of benzene rings is 2. The lowest BCUT2D eigenvalue weighted by atomic mass is 10.1. The van der Waals surface area contributed by atoms with Gasteiger partial charge >= 0.3 is 0 Å². The first-order chi connectivity index (χ1) is 14.0. The number of nitrogens with one attached hydrogen (secondary N) is 1. The number of hydrogen-bond donors (Lipinski definition) is 1. The third kappa shape index (κ3) is 3.47. The van der Waals surface area contributed by atoms with E-state index in [1.807, 2.05) is 104 Å². The van der Waals surface area contributed by atoms with Gasteiger partial charge in [-0.25, -0.2) is 4.68 Å². The van der Waals surface area contributed by atoms with Gasteiger partial charge in [-0.05, 0) is 63.1 Å². The molecule has 5 nitrogen and oxygen atoms in total. The molecule has 0 aliphatic carbocycles. The van der Waals surface area contributed by atoms with Crippen molar-refractivity contribution in [2.75, 3.05) is 5.32 Å². The Labute approximate surface area is 170 Å². The molecule has 146 valence electrons. The highest BCUT2D eigenvalue weighted by atomic mass is 16.1. The van der Waals surface area contributed by atoms with E-state index in [1.54, 1.807) is 0 Å². The summed E-state index contributed by atoms with van der Waals surface area (Å²) in [4.78, 5) is 13.4. The fourth-order valence-electron chi connectivity index (χ4n) is 3.55. The average molecular weight is 384 g/mol. The number of aromatic nitrogens is 3. The number of rotatable bonds is 4. The van der Waals surface area contributed by atoms with Crippen molar-refractivity contribution in [3.63, 3.8) is 0 Å². The minimum atomic E-state index is -0.165. The second-order valence-electron chi connectivity index (χ2n) is 7.34. The number of anilines is 1. The minimum absolute atomic E-state index is 0.165. The van der Waals surface area contributed by atoms with E-state index >= 15 is 0 Å². The van der Waals surface area contributed by atoms with E-state index in [2.05, 4.69) is 5.32 Å². The van der Waals surface area contributed by atoms with Gasteiger partial charge in [0.2, 0.25) is 0 Å². The Bertz CT molecular complexity index is 1150. The summed E-state index contributed by atoms with van der Waals surface area (Å²) in [5.74, 6) is 0.557. The zero-order valence-electron chi connectivity index (χ0n) is 17.1. The van der Waals surface area contributed by atoms with Gasteiger partial charge < -0.3 is 9.88 Å². The molecule has 1 amide bonds. The predicted octanol–water partition coefficient (Wildman–Crippen LogP) is 5.15. The van der Waals surface area contributed by atoms with E-state index in [0.717, 1.165) is 28.3 Å². The number of amides is 1. The molecule has 0 saturated carbocycles. The van der Waals surface area contributed by atoms with Crippen LogP contribution in [0.1, 0.15) is 32.7 Å². The van der Waals surface area contributed by atoms with Crippen molar-refractivity contribution in [3.05, 3.63) is 94.9 Å². The Balaban J connectivity index is 1.85. The lowest BCUT2D eigenvalue weighted by Crippen LogP contribution is -2.17. The van der Waals surface area contributed by atoms with Crippen LogP contribution in [0.5, 0.6) is 0 Å². The number of para-hydroxylation sites is 1. The van der Waals surface area contributed by atoms with Crippen LogP contribution < -0.4 is 5.32 Å². The first-order valence-corrected chi connectivity index (χ1v) is 9.63. The third-order valence-electron chi connectivity index (χ3n) is 5.11. The Morgan fingerprint density at radius 3 is 2.10 bits per heavy atom. The second kappa shape index (κ2) is 7.43. The maximum absolute atomic E-state index is 13.4. The molecule has 2 heterocycles. The number of carbonyl (C=O) groups is 1. The molecule has 0 saturated heterocycles. The van der Waals surface area contributed by atoms with E-state index in [4.69, 9.17) is 5.10 Å². The van der Waals surface area contributed by atoms with Gasteiger partial charge in [0.1, 0.15) is 5.56 Å². The molecule has 0 atom stereocenters. The molecule has 0 spiro atoms. The standard InChI is InChI=1S/C24H24N4O/c1-16-10-12-20(13-11-16)28-24(27-14-5-6-15-27)21(19(4)26-28)23(29)25-22-17(2)8-7-9-18(22)3/h5-15H,1-4H3,(H,25,29). The SMILES string of the molecule is Cc1ccc(-n2nc(C)c(C(=O)Nc3c(C)cccc3C)c2-n2cccc2)cc1. The zero-order chi connectivity index (χ0) is 20.5. The molecular weight excluding hydrogens is 360 g/mol. The second-order valence-corrected chi connectivity index (χ2v) is 7.34. The maximum Gasteiger partial charge on any atom is 0.261 e. The van der Waals surface area contributed by atoms with Gasteiger partial charge in [0.05, 0.1) is 11.4 Å². The highest BCUT2D eigenvalue weighted by Gasteiger charge is 2.24. The van der Waals surface area contributed by atoms with Crippen molar-refractivity contribution >= 4 is 11.6 Å².